The monoisotopic (exact) mass is 1200 g/mol. The first-order valence-electron chi connectivity index (χ1n) is 35.3. The fourth-order valence-corrected chi connectivity index (χ4v) is 10.7. The van der Waals surface area contributed by atoms with Gasteiger partial charge in [-0.25, -0.2) is 4.79 Å². The summed E-state index contributed by atoms with van der Waals surface area (Å²) in [5.74, 6) is -3.13. The first kappa shape index (κ1) is 79.4. The molecule has 6 atom stereocenters. The largest absolute Gasteiger partial charge is 0.479 e. The zero-order valence-electron chi connectivity index (χ0n) is 54.6. The SMILES string of the molecule is CC/C=C\C/C=C\C/C=C\C/C=C\CCCCCCC(=O)OC(COC(=O)CCCCCCCCCCCCCCCCCCCCC)COC1OC(C(=O)O)C(O)C(O)C1OC(=O)CCCCCCCCCCC/C=C\CCCCCCCC. The third-order valence-corrected chi connectivity index (χ3v) is 16.1. The van der Waals surface area contributed by atoms with Crippen LogP contribution in [0.5, 0.6) is 0 Å². The highest BCUT2D eigenvalue weighted by Crippen LogP contribution is 2.27. The molecule has 0 spiro atoms. The molecule has 1 saturated heterocycles. The average Bonchev–Trinajstić information content (AvgIpc) is 3.53. The molecule has 1 rings (SSSR count). The molecule has 1 aliphatic heterocycles. The summed E-state index contributed by atoms with van der Waals surface area (Å²) in [6.45, 7) is 5.92. The van der Waals surface area contributed by atoms with Crippen LogP contribution in [0.25, 0.3) is 0 Å². The van der Waals surface area contributed by atoms with Crippen LogP contribution in [0.1, 0.15) is 329 Å². The Balaban J connectivity index is 2.63. The third kappa shape index (κ3) is 50.0. The quantitative estimate of drug-likeness (QED) is 0.0228. The van der Waals surface area contributed by atoms with Crippen LogP contribution in [0.15, 0.2) is 60.8 Å². The van der Waals surface area contributed by atoms with Gasteiger partial charge >= 0.3 is 23.9 Å². The molecule has 0 aromatic carbocycles. The van der Waals surface area contributed by atoms with Gasteiger partial charge in [-0.2, -0.15) is 0 Å². The molecule has 0 aromatic heterocycles. The van der Waals surface area contributed by atoms with Gasteiger partial charge in [0.1, 0.15) is 18.8 Å². The first-order valence-corrected chi connectivity index (χ1v) is 35.3. The molecule has 0 amide bonds. The second-order valence-corrected chi connectivity index (χ2v) is 24.1. The Bertz CT molecular complexity index is 1710. The zero-order chi connectivity index (χ0) is 61.7. The molecule has 0 radical (unpaired) electrons. The number of carbonyl (C=O) groups is 4. The molecule has 6 unspecified atom stereocenters. The van der Waals surface area contributed by atoms with E-state index in [-0.39, 0.29) is 25.9 Å². The van der Waals surface area contributed by atoms with Crippen molar-refractivity contribution in [1.82, 2.24) is 0 Å². The Hall–Kier alpha value is -3.58. The highest BCUT2D eigenvalue weighted by Gasteiger charge is 2.50. The smallest absolute Gasteiger partial charge is 0.335 e. The molecular formula is C73H128O12. The topological polar surface area (TPSA) is 175 Å². The van der Waals surface area contributed by atoms with Crippen LogP contribution in [0.4, 0.5) is 0 Å². The Kier molecular flexibility index (Phi) is 56.7. The Labute approximate surface area is 519 Å². The van der Waals surface area contributed by atoms with E-state index < -0.39 is 67.3 Å². The molecule has 1 aliphatic rings. The van der Waals surface area contributed by atoms with Gasteiger partial charge in [0.05, 0.1) is 6.61 Å². The van der Waals surface area contributed by atoms with Gasteiger partial charge in [-0.1, -0.05) is 287 Å². The van der Waals surface area contributed by atoms with Gasteiger partial charge in [-0.3, -0.25) is 14.4 Å². The predicted octanol–water partition coefficient (Wildman–Crippen LogP) is 19.5. The maximum atomic E-state index is 13.2. The molecule has 0 bridgehead atoms. The maximum absolute atomic E-state index is 13.2. The number of hydrogen-bond acceptors (Lipinski definition) is 11. The summed E-state index contributed by atoms with van der Waals surface area (Å²) >= 11 is 0. The van der Waals surface area contributed by atoms with Gasteiger partial charge in [0.25, 0.3) is 0 Å². The highest BCUT2D eigenvalue weighted by atomic mass is 16.7. The lowest BCUT2D eigenvalue weighted by Gasteiger charge is -2.40. The van der Waals surface area contributed by atoms with Crippen molar-refractivity contribution in [3.63, 3.8) is 0 Å². The minimum atomic E-state index is -1.91. The van der Waals surface area contributed by atoms with Crippen LogP contribution in [-0.4, -0.2) is 89.2 Å². The van der Waals surface area contributed by atoms with E-state index in [2.05, 4.69) is 81.5 Å². The van der Waals surface area contributed by atoms with Crippen molar-refractivity contribution in [2.24, 2.45) is 0 Å². The van der Waals surface area contributed by atoms with Crippen molar-refractivity contribution < 1.29 is 58.2 Å². The minimum absolute atomic E-state index is 0.0564. The fraction of sp³-hybridized carbons (Fsp3) is 0.808. The molecule has 0 aliphatic carbocycles. The number of esters is 3. The lowest BCUT2D eigenvalue weighted by atomic mass is 9.98. The summed E-state index contributed by atoms with van der Waals surface area (Å²) in [6, 6.07) is 0. The van der Waals surface area contributed by atoms with Gasteiger partial charge in [0.2, 0.25) is 0 Å². The molecule has 492 valence electrons. The number of aliphatic hydroxyl groups is 2. The lowest BCUT2D eigenvalue weighted by molar-refractivity contribution is -0.301. The van der Waals surface area contributed by atoms with E-state index in [9.17, 15) is 34.5 Å². The summed E-state index contributed by atoms with van der Waals surface area (Å²) in [5, 5.41) is 31.7. The normalized spacial score (nSPS) is 17.8. The number of carboxylic acids is 1. The van der Waals surface area contributed by atoms with E-state index in [1.54, 1.807) is 0 Å². The van der Waals surface area contributed by atoms with Crippen molar-refractivity contribution >= 4 is 23.9 Å². The average molecular weight is 1200 g/mol. The molecule has 12 nitrogen and oxygen atoms in total. The number of aliphatic carboxylic acids is 1. The number of rotatable bonds is 61. The van der Waals surface area contributed by atoms with Crippen molar-refractivity contribution in [3.05, 3.63) is 60.8 Å². The maximum Gasteiger partial charge on any atom is 0.335 e. The van der Waals surface area contributed by atoms with E-state index in [1.807, 2.05) is 0 Å². The van der Waals surface area contributed by atoms with Crippen LogP contribution in [-0.2, 0) is 42.9 Å². The summed E-state index contributed by atoms with van der Waals surface area (Å²) in [4.78, 5) is 51.5. The van der Waals surface area contributed by atoms with E-state index in [0.717, 1.165) is 103 Å². The van der Waals surface area contributed by atoms with Crippen LogP contribution in [0, 0.1) is 0 Å². The summed E-state index contributed by atoms with van der Waals surface area (Å²) in [7, 11) is 0. The van der Waals surface area contributed by atoms with E-state index in [1.165, 1.54) is 167 Å². The second kappa shape index (κ2) is 60.7. The van der Waals surface area contributed by atoms with Crippen LogP contribution in [0.2, 0.25) is 0 Å². The van der Waals surface area contributed by atoms with Crippen molar-refractivity contribution in [2.45, 2.75) is 366 Å². The molecular weight excluding hydrogens is 1070 g/mol. The number of hydrogen-bond donors (Lipinski definition) is 3. The molecule has 12 heteroatoms. The number of ether oxygens (including phenoxy) is 5. The summed E-state index contributed by atoms with van der Waals surface area (Å²) in [6.07, 6.45) is 64.6. The second-order valence-electron chi connectivity index (χ2n) is 24.1. The highest BCUT2D eigenvalue weighted by molar-refractivity contribution is 5.74. The Morgan fingerprint density at radius 1 is 0.400 bits per heavy atom. The van der Waals surface area contributed by atoms with E-state index >= 15 is 0 Å². The molecule has 3 N–H and O–H groups in total. The van der Waals surface area contributed by atoms with Gasteiger partial charge < -0.3 is 39.0 Å². The Morgan fingerprint density at radius 2 is 0.741 bits per heavy atom. The van der Waals surface area contributed by atoms with Gasteiger partial charge in [-0.15, -0.1) is 0 Å². The number of allylic oxidation sites excluding steroid dienone is 10. The standard InChI is InChI=1S/C73H128O12/c1-4-7-10-13-16-19-22-25-28-31-33-36-38-41-44-47-50-53-56-59-65(74)81-62-64(83-66(75)60-57-54-51-48-45-42-39-35-30-27-24-21-18-15-12-9-6-3)63-82-73-71(69(78)68(77)70(85-73)72(79)80)84-67(76)61-58-55-52-49-46-43-40-37-34-32-29-26-23-20-17-14-11-8-5-2/h9,12,18,21,26-27,29-30,39,42,64,68-71,73,77-78H,4-8,10-11,13-17,19-20,22-25,28,31-38,40-41,43-63H2,1-3H3,(H,79,80)/b12-9-,21-18-,29-26-,30-27-,42-39-. The van der Waals surface area contributed by atoms with Crippen molar-refractivity contribution in [1.29, 1.82) is 0 Å². The van der Waals surface area contributed by atoms with Crippen molar-refractivity contribution in [2.75, 3.05) is 13.2 Å². The molecule has 0 saturated carbocycles. The Morgan fingerprint density at radius 3 is 1.14 bits per heavy atom. The summed E-state index contributed by atoms with van der Waals surface area (Å²) in [5.41, 5.74) is 0. The molecule has 0 aromatic rings. The molecule has 85 heavy (non-hydrogen) atoms. The van der Waals surface area contributed by atoms with Gasteiger partial charge in [-0.05, 0) is 83.5 Å². The minimum Gasteiger partial charge on any atom is -0.479 e. The predicted molar refractivity (Wildman–Crippen MR) is 349 cm³/mol. The van der Waals surface area contributed by atoms with Crippen LogP contribution < -0.4 is 0 Å². The number of unbranched alkanes of at least 4 members (excludes halogenated alkanes) is 37. The number of carbonyl (C=O) groups excluding carboxylic acids is 3. The fourth-order valence-electron chi connectivity index (χ4n) is 10.7. The van der Waals surface area contributed by atoms with Crippen LogP contribution in [0.3, 0.4) is 0 Å². The molecule has 1 fully saturated rings. The van der Waals surface area contributed by atoms with E-state index in [0.29, 0.717) is 19.3 Å². The van der Waals surface area contributed by atoms with Crippen LogP contribution >= 0.6 is 0 Å². The zero-order valence-corrected chi connectivity index (χ0v) is 54.6. The molecule has 1 heterocycles. The number of aliphatic hydroxyl groups excluding tert-OH is 2. The van der Waals surface area contributed by atoms with Crippen molar-refractivity contribution in [3.8, 4) is 0 Å². The summed E-state index contributed by atoms with van der Waals surface area (Å²) < 4.78 is 28.6. The number of carboxylic acid groups (broad SMARTS) is 1. The van der Waals surface area contributed by atoms with Gasteiger partial charge in [0, 0.05) is 19.3 Å². The first-order chi connectivity index (χ1) is 41.6. The van der Waals surface area contributed by atoms with Gasteiger partial charge in [0.15, 0.2) is 24.6 Å². The third-order valence-electron chi connectivity index (χ3n) is 16.1. The lowest BCUT2D eigenvalue weighted by Crippen LogP contribution is -2.61. The van der Waals surface area contributed by atoms with E-state index in [4.69, 9.17) is 23.7 Å².